The highest BCUT2D eigenvalue weighted by Gasteiger charge is 2.13. The van der Waals surface area contributed by atoms with Gasteiger partial charge in [-0.15, -0.1) is 0 Å². The zero-order valence-electron chi connectivity index (χ0n) is 10.7. The number of benzene rings is 1. The minimum absolute atomic E-state index is 0.0978. The van der Waals surface area contributed by atoms with Gasteiger partial charge in [0.25, 0.3) is 5.91 Å². The Morgan fingerprint density at radius 3 is 2.67 bits per heavy atom. The third-order valence-electron chi connectivity index (χ3n) is 2.60. The molecule has 0 aliphatic carbocycles. The molecule has 2 amide bonds. The van der Waals surface area contributed by atoms with Crippen molar-refractivity contribution < 1.29 is 9.59 Å². The highest BCUT2D eigenvalue weighted by Crippen LogP contribution is 2.15. The van der Waals surface area contributed by atoms with Crippen LogP contribution in [0.15, 0.2) is 36.9 Å². The Morgan fingerprint density at radius 2 is 2.06 bits per heavy atom. The Balaban J connectivity index is 2.90. The summed E-state index contributed by atoms with van der Waals surface area (Å²) < 4.78 is 0. The molecule has 0 radical (unpaired) electrons. The van der Waals surface area contributed by atoms with Crippen molar-refractivity contribution >= 4 is 17.5 Å². The molecule has 0 saturated carbocycles. The van der Waals surface area contributed by atoms with E-state index < -0.39 is 0 Å². The van der Waals surface area contributed by atoms with E-state index in [-0.39, 0.29) is 17.9 Å². The minimum atomic E-state index is -0.334. The summed E-state index contributed by atoms with van der Waals surface area (Å²) in [5, 5.41) is 5.48. The smallest absolute Gasteiger partial charge is 0.253 e. The second kappa shape index (κ2) is 6.59. The molecule has 0 heterocycles. The Hall–Kier alpha value is -2.10. The Kier molecular flexibility index (Phi) is 5.11. The number of para-hydroxylation sites is 1. The van der Waals surface area contributed by atoms with Gasteiger partial charge in [0, 0.05) is 6.04 Å². The van der Waals surface area contributed by atoms with Crippen LogP contribution in [0.5, 0.6) is 0 Å². The summed E-state index contributed by atoms with van der Waals surface area (Å²) in [6.45, 7) is 7.31. The van der Waals surface area contributed by atoms with Gasteiger partial charge in [-0.25, -0.2) is 0 Å². The molecule has 1 rings (SSSR count). The highest BCUT2D eigenvalue weighted by atomic mass is 16.2. The van der Waals surface area contributed by atoms with E-state index >= 15 is 0 Å². The van der Waals surface area contributed by atoms with Crippen LogP contribution >= 0.6 is 0 Å². The van der Waals surface area contributed by atoms with E-state index in [9.17, 15) is 9.59 Å². The van der Waals surface area contributed by atoms with E-state index in [1.807, 2.05) is 13.8 Å². The zero-order chi connectivity index (χ0) is 13.5. The van der Waals surface area contributed by atoms with E-state index in [0.717, 1.165) is 6.42 Å². The molecule has 0 bridgehead atoms. The Labute approximate surface area is 107 Å². The van der Waals surface area contributed by atoms with E-state index in [0.29, 0.717) is 11.3 Å². The van der Waals surface area contributed by atoms with Crippen LogP contribution in [0.3, 0.4) is 0 Å². The van der Waals surface area contributed by atoms with Crippen molar-refractivity contribution in [1.29, 1.82) is 0 Å². The van der Waals surface area contributed by atoms with Gasteiger partial charge < -0.3 is 10.6 Å². The molecule has 0 aromatic heterocycles. The molecule has 2 N–H and O–H groups in total. The number of hydrogen-bond acceptors (Lipinski definition) is 2. The molecule has 0 aliphatic heterocycles. The summed E-state index contributed by atoms with van der Waals surface area (Å²) >= 11 is 0. The minimum Gasteiger partial charge on any atom is -0.350 e. The lowest BCUT2D eigenvalue weighted by Crippen LogP contribution is -2.32. The van der Waals surface area contributed by atoms with Gasteiger partial charge in [-0.1, -0.05) is 25.6 Å². The fraction of sp³-hybridized carbons (Fsp3) is 0.286. The number of amides is 2. The number of hydrogen-bond donors (Lipinski definition) is 2. The first-order valence-corrected chi connectivity index (χ1v) is 5.91. The van der Waals surface area contributed by atoms with Crippen molar-refractivity contribution in [3.05, 3.63) is 42.5 Å². The molecule has 18 heavy (non-hydrogen) atoms. The lowest BCUT2D eigenvalue weighted by atomic mass is 10.1. The zero-order valence-corrected chi connectivity index (χ0v) is 10.7. The third-order valence-corrected chi connectivity index (χ3v) is 2.60. The monoisotopic (exact) mass is 246 g/mol. The Bertz CT molecular complexity index is 455. The van der Waals surface area contributed by atoms with E-state index in [1.54, 1.807) is 24.3 Å². The van der Waals surface area contributed by atoms with Gasteiger partial charge in [0.05, 0.1) is 11.3 Å². The molecule has 0 spiro atoms. The van der Waals surface area contributed by atoms with Crippen LogP contribution in [-0.4, -0.2) is 17.9 Å². The molecule has 1 aromatic carbocycles. The van der Waals surface area contributed by atoms with Crippen LogP contribution in [0.2, 0.25) is 0 Å². The van der Waals surface area contributed by atoms with Crippen molar-refractivity contribution in [1.82, 2.24) is 5.32 Å². The van der Waals surface area contributed by atoms with Gasteiger partial charge in [-0.2, -0.15) is 0 Å². The summed E-state index contributed by atoms with van der Waals surface area (Å²) in [6, 6.07) is 6.98. The molecular weight excluding hydrogens is 228 g/mol. The summed E-state index contributed by atoms with van der Waals surface area (Å²) in [6.07, 6.45) is 2.02. The molecule has 0 aliphatic rings. The molecule has 0 fully saturated rings. The van der Waals surface area contributed by atoms with Gasteiger partial charge in [0.15, 0.2) is 0 Å². The number of carbonyl (C=O) groups excluding carboxylic acids is 2. The Morgan fingerprint density at radius 1 is 1.39 bits per heavy atom. The predicted molar refractivity (Wildman–Crippen MR) is 72.5 cm³/mol. The molecule has 1 aromatic rings. The van der Waals surface area contributed by atoms with Gasteiger partial charge in [-0.05, 0) is 31.6 Å². The summed E-state index contributed by atoms with van der Waals surface area (Å²) in [7, 11) is 0. The normalized spacial score (nSPS) is 11.4. The van der Waals surface area contributed by atoms with E-state index in [1.165, 1.54) is 6.08 Å². The van der Waals surface area contributed by atoms with E-state index in [2.05, 4.69) is 17.2 Å². The topological polar surface area (TPSA) is 58.2 Å². The first kappa shape index (κ1) is 14.0. The molecule has 1 unspecified atom stereocenters. The fourth-order valence-electron chi connectivity index (χ4n) is 1.38. The quantitative estimate of drug-likeness (QED) is 0.783. The van der Waals surface area contributed by atoms with E-state index in [4.69, 9.17) is 0 Å². The number of carbonyl (C=O) groups is 2. The summed E-state index contributed by atoms with van der Waals surface area (Å²) in [5.74, 6) is -0.525. The summed E-state index contributed by atoms with van der Waals surface area (Å²) in [4.78, 5) is 23.3. The maximum Gasteiger partial charge on any atom is 0.253 e. The van der Waals surface area contributed by atoms with Crippen LogP contribution in [0, 0.1) is 0 Å². The van der Waals surface area contributed by atoms with Gasteiger partial charge in [0.1, 0.15) is 0 Å². The van der Waals surface area contributed by atoms with Gasteiger partial charge in [-0.3, -0.25) is 9.59 Å². The SMILES string of the molecule is C=CC(=O)Nc1ccccc1C(=O)NC(C)CC. The maximum absolute atomic E-state index is 12.0. The number of nitrogens with one attached hydrogen (secondary N) is 2. The largest absolute Gasteiger partial charge is 0.350 e. The molecule has 1 atom stereocenters. The van der Waals surface area contributed by atoms with Crippen LogP contribution < -0.4 is 10.6 Å². The molecule has 0 saturated heterocycles. The molecular formula is C14H18N2O2. The molecule has 4 nitrogen and oxygen atoms in total. The second-order valence-electron chi connectivity index (χ2n) is 4.02. The standard InChI is InChI=1S/C14H18N2O2/c1-4-10(3)15-14(18)11-8-6-7-9-12(11)16-13(17)5-2/h5-10H,2,4H2,1,3H3,(H,15,18)(H,16,17). The van der Waals surface area contributed by atoms with Crippen molar-refractivity contribution in [3.63, 3.8) is 0 Å². The fourth-order valence-corrected chi connectivity index (χ4v) is 1.38. The number of rotatable bonds is 5. The lowest BCUT2D eigenvalue weighted by molar-refractivity contribution is -0.111. The average molecular weight is 246 g/mol. The highest BCUT2D eigenvalue weighted by molar-refractivity contribution is 6.06. The van der Waals surface area contributed by atoms with Gasteiger partial charge in [0.2, 0.25) is 5.91 Å². The van der Waals surface area contributed by atoms with Crippen molar-refractivity contribution in [2.45, 2.75) is 26.3 Å². The van der Waals surface area contributed by atoms with Crippen LogP contribution in [0.1, 0.15) is 30.6 Å². The predicted octanol–water partition coefficient (Wildman–Crippen LogP) is 2.34. The first-order valence-electron chi connectivity index (χ1n) is 5.91. The number of anilines is 1. The maximum atomic E-state index is 12.0. The van der Waals surface area contributed by atoms with Crippen molar-refractivity contribution in [2.24, 2.45) is 0 Å². The lowest BCUT2D eigenvalue weighted by Gasteiger charge is -2.14. The van der Waals surface area contributed by atoms with Crippen LogP contribution in [0.4, 0.5) is 5.69 Å². The average Bonchev–Trinajstić information content (AvgIpc) is 2.38. The van der Waals surface area contributed by atoms with Crippen LogP contribution in [0.25, 0.3) is 0 Å². The first-order chi connectivity index (χ1) is 8.58. The van der Waals surface area contributed by atoms with Crippen LogP contribution in [-0.2, 0) is 4.79 Å². The van der Waals surface area contributed by atoms with Gasteiger partial charge >= 0.3 is 0 Å². The second-order valence-corrected chi connectivity index (χ2v) is 4.02. The summed E-state index contributed by atoms with van der Waals surface area (Å²) in [5.41, 5.74) is 0.941. The van der Waals surface area contributed by atoms with Crippen molar-refractivity contribution in [2.75, 3.05) is 5.32 Å². The molecule has 4 heteroatoms. The molecule has 96 valence electrons. The third kappa shape index (κ3) is 3.73. The van der Waals surface area contributed by atoms with Crippen molar-refractivity contribution in [3.8, 4) is 0 Å².